The van der Waals surface area contributed by atoms with Crippen LogP contribution in [0.3, 0.4) is 0 Å². The smallest absolute Gasteiger partial charge is 0.161 e. The third kappa shape index (κ3) is 3.38. The highest BCUT2D eigenvalue weighted by Gasteiger charge is 2.10. The molecule has 0 fully saturated rings. The normalized spacial score (nSPS) is 10.9. The largest absolute Gasteiger partial charge is 0.493 e. The Balaban J connectivity index is 2.35. The molecule has 1 N–H and O–H groups in total. The molecule has 0 spiro atoms. The van der Waals surface area contributed by atoms with Crippen LogP contribution >= 0.6 is 0 Å². The van der Waals surface area contributed by atoms with Gasteiger partial charge in [0.25, 0.3) is 0 Å². The Bertz CT molecular complexity index is 595. The Labute approximate surface area is 126 Å². The molecule has 114 valence electrons. The van der Waals surface area contributed by atoms with Gasteiger partial charge in [0.05, 0.1) is 14.2 Å². The van der Waals surface area contributed by atoms with E-state index < -0.39 is 0 Å². The summed E-state index contributed by atoms with van der Waals surface area (Å²) >= 11 is 0. The Kier molecular flexibility index (Phi) is 5.26. The highest BCUT2D eigenvalue weighted by atomic mass is 16.5. The minimum Gasteiger partial charge on any atom is -0.493 e. The second-order valence-electron chi connectivity index (χ2n) is 5.15. The van der Waals surface area contributed by atoms with Crippen molar-refractivity contribution in [1.82, 2.24) is 4.98 Å². The van der Waals surface area contributed by atoms with E-state index in [-0.39, 0.29) is 0 Å². The van der Waals surface area contributed by atoms with E-state index >= 15 is 0 Å². The summed E-state index contributed by atoms with van der Waals surface area (Å²) < 4.78 is 10.7. The molecule has 0 aliphatic heterocycles. The number of hydrogen-bond donors (Lipinski definition) is 1. The molecule has 0 bridgehead atoms. The van der Waals surface area contributed by atoms with Crippen LogP contribution < -0.4 is 14.8 Å². The van der Waals surface area contributed by atoms with Gasteiger partial charge < -0.3 is 14.8 Å². The maximum Gasteiger partial charge on any atom is 0.161 e. The van der Waals surface area contributed by atoms with Crippen LogP contribution in [0.15, 0.2) is 24.4 Å². The van der Waals surface area contributed by atoms with Crippen LogP contribution in [0.4, 0.5) is 5.82 Å². The summed E-state index contributed by atoms with van der Waals surface area (Å²) in [7, 11) is 3.30. The quantitative estimate of drug-likeness (QED) is 0.833. The zero-order valence-corrected chi connectivity index (χ0v) is 13.3. The number of ether oxygens (including phenoxy) is 2. The van der Waals surface area contributed by atoms with Crippen molar-refractivity contribution >= 4 is 16.6 Å². The Morgan fingerprint density at radius 1 is 1.10 bits per heavy atom. The van der Waals surface area contributed by atoms with E-state index in [1.54, 1.807) is 14.2 Å². The van der Waals surface area contributed by atoms with E-state index in [9.17, 15) is 0 Å². The first-order chi connectivity index (χ1) is 10.2. The maximum absolute atomic E-state index is 5.39. The SMILES string of the molecule is CCC(CC)CNc1nccc2cc(OC)c(OC)cc12. The van der Waals surface area contributed by atoms with Crippen molar-refractivity contribution in [3.63, 3.8) is 0 Å². The molecule has 1 aromatic heterocycles. The van der Waals surface area contributed by atoms with Crippen molar-refractivity contribution in [2.75, 3.05) is 26.1 Å². The van der Waals surface area contributed by atoms with E-state index in [2.05, 4.69) is 24.1 Å². The molecule has 2 rings (SSSR count). The highest BCUT2D eigenvalue weighted by Crippen LogP contribution is 2.34. The molecule has 4 heteroatoms. The van der Waals surface area contributed by atoms with Gasteiger partial charge in [0.1, 0.15) is 5.82 Å². The van der Waals surface area contributed by atoms with Gasteiger partial charge in [0.15, 0.2) is 11.5 Å². The summed E-state index contributed by atoms with van der Waals surface area (Å²) in [6.45, 7) is 5.38. The lowest BCUT2D eigenvalue weighted by Gasteiger charge is -2.16. The van der Waals surface area contributed by atoms with Crippen LogP contribution in [0.2, 0.25) is 0 Å². The third-order valence-electron chi connectivity index (χ3n) is 3.98. The second-order valence-corrected chi connectivity index (χ2v) is 5.15. The molecule has 4 nitrogen and oxygen atoms in total. The Hall–Kier alpha value is -1.97. The third-order valence-corrected chi connectivity index (χ3v) is 3.98. The fourth-order valence-corrected chi connectivity index (χ4v) is 2.46. The number of rotatable bonds is 7. The van der Waals surface area contributed by atoms with Crippen LogP contribution in [-0.4, -0.2) is 25.7 Å². The molecular formula is C17H24N2O2. The van der Waals surface area contributed by atoms with Crippen LogP contribution in [0.1, 0.15) is 26.7 Å². The molecule has 0 atom stereocenters. The van der Waals surface area contributed by atoms with Crippen molar-refractivity contribution < 1.29 is 9.47 Å². The predicted molar refractivity (Wildman–Crippen MR) is 87.4 cm³/mol. The number of anilines is 1. The number of nitrogens with zero attached hydrogens (tertiary/aromatic N) is 1. The summed E-state index contributed by atoms with van der Waals surface area (Å²) in [4.78, 5) is 4.47. The van der Waals surface area contributed by atoms with E-state index in [1.165, 1.54) is 12.8 Å². The van der Waals surface area contributed by atoms with Gasteiger partial charge in [-0.25, -0.2) is 4.98 Å². The fourth-order valence-electron chi connectivity index (χ4n) is 2.46. The van der Waals surface area contributed by atoms with Crippen LogP contribution in [0.5, 0.6) is 11.5 Å². The molecule has 0 radical (unpaired) electrons. The number of pyridine rings is 1. The van der Waals surface area contributed by atoms with E-state index in [4.69, 9.17) is 9.47 Å². The molecule has 1 aromatic carbocycles. The lowest BCUT2D eigenvalue weighted by Crippen LogP contribution is -2.13. The molecule has 21 heavy (non-hydrogen) atoms. The molecule has 0 saturated carbocycles. The number of fused-ring (bicyclic) bond motifs is 1. The summed E-state index contributed by atoms with van der Waals surface area (Å²) in [5, 5.41) is 5.62. The Morgan fingerprint density at radius 2 is 1.76 bits per heavy atom. The highest BCUT2D eigenvalue weighted by molar-refractivity contribution is 5.94. The average molecular weight is 288 g/mol. The molecule has 0 aliphatic carbocycles. The van der Waals surface area contributed by atoms with Crippen LogP contribution in [0, 0.1) is 5.92 Å². The van der Waals surface area contributed by atoms with Gasteiger partial charge in [0, 0.05) is 18.1 Å². The standard InChI is InChI=1S/C17H24N2O2/c1-5-12(6-2)11-19-17-14-10-16(21-4)15(20-3)9-13(14)7-8-18-17/h7-10,12H,5-6,11H2,1-4H3,(H,18,19). The van der Waals surface area contributed by atoms with Crippen molar-refractivity contribution in [3.05, 3.63) is 24.4 Å². The minimum atomic E-state index is 0.669. The predicted octanol–water partition coefficient (Wildman–Crippen LogP) is 4.10. The number of nitrogens with one attached hydrogen (secondary N) is 1. The van der Waals surface area contributed by atoms with Crippen molar-refractivity contribution in [3.8, 4) is 11.5 Å². The molecule has 0 aliphatic rings. The van der Waals surface area contributed by atoms with Crippen LogP contribution in [-0.2, 0) is 0 Å². The summed E-state index contributed by atoms with van der Waals surface area (Å²) in [6.07, 6.45) is 4.17. The zero-order valence-electron chi connectivity index (χ0n) is 13.3. The topological polar surface area (TPSA) is 43.4 Å². The first-order valence-electron chi connectivity index (χ1n) is 7.48. The molecule has 1 heterocycles. The van der Waals surface area contributed by atoms with Gasteiger partial charge in [-0.05, 0) is 29.5 Å². The van der Waals surface area contributed by atoms with Gasteiger partial charge in [-0.15, -0.1) is 0 Å². The lowest BCUT2D eigenvalue weighted by atomic mass is 10.0. The van der Waals surface area contributed by atoms with Gasteiger partial charge in [0.2, 0.25) is 0 Å². The first-order valence-corrected chi connectivity index (χ1v) is 7.48. The lowest BCUT2D eigenvalue weighted by molar-refractivity contribution is 0.356. The number of benzene rings is 1. The van der Waals surface area contributed by atoms with Gasteiger partial charge in [-0.2, -0.15) is 0 Å². The van der Waals surface area contributed by atoms with E-state index in [0.717, 1.165) is 34.6 Å². The Morgan fingerprint density at radius 3 is 2.38 bits per heavy atom. The minimum absolute atomic E-state index is 0.669. The van der Waals surface area contributed by atoms with Gasteiger partial charge in [-0.3, -0.25) is 0 Å². The average Bonchev–Trinajstić information content (AvgIpc) is 2.54. The summed E-state index contributed by atoms with van der Waals surface area (Å²) in [5.74, 6) is 3.04. The summed E-state index contributed by atoms with van der Waals surface area (Å²) in [6, 6.07) is 5.95. The molecule has 0 saturated heterocycles. The first kappa shape index (κ1) is 15.4. The number of aromatic nitrogens is 1. The molecule has 0 amide bonds. The number of hydrogen-bond acceptors (Lipinski definition) is 4. The summed E-state index contributed by atoms with van der Waals surface area (Å²) in [5.41, 5.74) is 0. The fraction of sp³-hybridized carbons (Fsp3) is 0.471. The van der Waals surface area contributed by atoms with Crippen LogP contribution in [0.25, 0.3) is 10.8 Å². The second kappa shape index (κ2) is 7.16. The van der Waals surface area contributed by atoms with Gasteiger partial charge >= 0.3 is 0 Å². The van der Waals surface area contributed by atoms with Gasteiger partial charge in [-0.1, -0.05) is 26.7 Å². The van der Waals surface area contributed by atoms with Crippen molar-refractivity contribution in [2.24, 2.45) is 5.92 Å². The molecule has 0 unspecified atom stereocenters. The molecule has 2 aromatic rings. The molecular weight excluding hydrogens is 264 g/mol. The van der Waals surface area contributed by atoms with Crippen molar-refractivity contribution in [1.29, 1.82) is 0 Å². The van der Waals surface area contributed by atoms with E-state index in [1.807, 2.05) is 24.4 Å². The maximum atomic E-state index is 5.39. The van der Waals surface area contributed by atoms with Crippen molar-refractivity contribution in [2.45, 2.75) is 26.7 Å². The van der Waals surface area contributed by atoms with E-state index in [0.29, 0.717) is 5.92 Å². The monoisotopic (exact) mass is 288 g/mol. The zero-order chi connectivity index (χ0) is 15.2. The number of methoxy groups -OCH3 is 2.